The van der Waals surface area contributed by atoms with E-state index in [-0.39, 0.29) is 0 Å². The fraction of sp³-hybridized carbons (Fsp3) is 0.225. The van der Waals surface area contributed by atoms with E-state index in [4.69, 9.17) is 4.98 Å². The molecule has 7 rings (SSSR count). The Morgan fingerprint density at radius 2 is 1.44 bits per heavy atom. The maximum atomic E-state index is 15.0. The van der Waals surface area contributed by atoms with Crippen LogP contribution >= 0.6 is 7.14 Å². The zero-order chi connectivity index (χ0) is 29.4. The van der Waals surface area contributed by atoms with Crippen molar-refractivity contribution in [2.24, 2.45) is 5.92 Å². The van der Waals surface area contributed by atoms with Crippen molar-refractivity contribution in [1.29, 1.82) is 0 Å². The van der Waals surface area contributed by atoms with Crippen molar-refractivity contribution in [1.82, 2.24) is 4.98 Å². The largest absolute Gasteiger partial charge is 0.309 e. The van der Waals surface area contributed by atoms with Crippen LogP contribution in [0.1, 0.15) is 67.8 Å². The lowest BCUT2D eigenvalue weighted by Crippen LogP contribution is -2.24. The van der Waals surface area contributed by atoms with Crippen molar-refractivity contribution in [2.45, 2.75) is 51.9 Å². The van der Waals surface area contributed by atoms with E-state index in [1.807, 2.05) is 60.7 Å². The Labute approximate surface area is 255 Å². The minimum atomic E-state index is -3.04. The molecule has 0 spiro atoms. The van der Waals surface area contributed by atoms with Gasteiger partial charge in [0.1, 0.15) is 0 Å². The molecule has 1 heterocycles. The van der Waals surface area contributed by atoms with Crippen LogP contribution in [-0.2, 0) is 11.0 Å². The monoisotopic (exact) mass is 579 g/mol. The number of pyridine rings is 1. The molecule has 2 aliphatic rings. The number of nitrogens with zero attached hydrogens (tertiary/aromatic N) is 1. The van der Waals surface area contributed by atoms with Crippen LogP contribution in [-0.4, -0.2) is 4.98 Å². The van der Waals surface area contributed by atoms with E-state index >= 15 is 4.57 Å². The van der Waals surface area contributed by atoms with Gasteiger partial charge < -0.3 is 4.57 Å². The van der Waals surface area contributed by atoms with E-state index in [1.165, 1.54) is 46.2 Å². The second-order valence-corrected chi connectivity index (χ2v) is 14.7. The smallest absolute Gasteiger partial charge is 0.171 e. The topological polar surface area (TPSA) is 30.0 Å². The third-order valence-corrected chi connectivity index (χ3v) is 12.5. The number of allylic oxidation sites excluding steroid dienone is 2. The highest BCUT2D eigenvalue weighted by Gasteiger charge is 2.32. The first-order valence-corrected chi connectivity index (χ1v) is 17.5. The number of benzene rings is 4. The summed E-state index contributed by atoms with van der Waals surface area (Å²) in [4.78, 5) is 5.49. The fourth-order valence-corrected chi connectivity index (χ4v) is 9.92. The molecule has 0 bridgehead atoms. The van der Waals surface area contributed by atoms with Crippen LogP contribution in [0.4, 0.5) is 0 Å². The molecule has 2 aliphatic carbocycles. The number of fused-ring (bicyclic) bond motifs is 4. The van der Waals surface area contributed by atoms with Gasteiger partial charge in [-0.05, 0) is 42.7 Å². The van der Waals surface area contributed by atoms with Crippen molar-refractivity contribution in [2.75, 3.05) is 0 Å². The lowest BCUT2D eigenvalue weighted by Gasteiger charge is -2.31. The van der Waals surface area contributed by atoms with Gasteiger partial charge in [0, 0.05) is 43.9 Å². The molecule has 2 unspecified atom stereocenters. The van der Waals surface area contributed by atoms with Gasteiger partial charge in [0.05, 0.1) is 11.2 Å². The van der Waals surface area contributed by atoms with Crippen LogP contribution in [0.5, 0.6) is 0 Å². The van der Waals surface area contributed by atoms with Crippen molar-refractivity contribution in [3.05, 3.63) is 132 Å². The zero-order valence-corrected chi connectivity index (χ0v) is 25.9. The minimum absolute atomic E-state index is 0.405. The first-order valence-electron chi connectivity index (χ1n) is 15.8. The summed E-state index contributed by atoms with van der Waals surface area (Å²) in [7, 11) is -3.04. The van der Waals surface area contributed by atoms with Gasteiger partial charge in [-0.3, -0.25) is 4.98 Å². The highest BCUT2D eigenvalue weighted by Crippen LogP contribution is 2.46. The summed E-state index contributed by atoms with van der Waals surface area (Å²) >= 11 is 0. The van der Waals surface area contributed by atoms with Crippen LogP contribution < -0.4 is 15.9 Å². The molecule has 0 saturated heterocycles. The number of aryl methyl sites for hydroxylation is 1. The highest BCUT2D eigenvalue weighted by molar-refractivity contribution is 7.85. The average molecular weight is 580 g/mol. The van der Waals surface area contributed by atoms with Crippen LogP contribution in [0.2, 0.25) is 0 Å². The third kappa shape index (κ3) is 4.73. The second kappa shape index (κ2) is 11.6. The number of aromatic nitrogens is 1. The summed E-state index contributed by atoms with van der Waals surface area (Å²) < 4.78 is 15.0. The molecule has 4 aromatic carbocycles. The molecule has 3 heteroatoms. The Morgan fingerprint density at radius 3 is 2.09 bits per heavy atom. The van der Waals surface area contributed by atoms with Gasteiger partial charge in [0.15, 0.2) is 7.14 Å². The maximum absolute atomic E-state index is 15.0. The number of hydrogen-bond donors (Lipinski definition) is 0. The van der Waals surface area contributed by atoms with Crippen molar-refractivity contribution >= 4 is 46.1 Å². The van der Waals surface area contributed by atoms with E-state index in [1.54, 1.807) is 0 Å². The normalized spacial score (nSPS) is 17.5. The first kappa shape index (κ1) is 27.8. The van der Waals surface area contributed by atoms with Gasteiger partial charge in [-0.25, -0.2) is 0 Å². The van der Waals surface area contributed by atoms with Crippen LogP contribution in [0, 0.1) is 5.92 Å². The molecule has 0 N–H and O–H groups in total. The zero-order valence-electron chi connectivity index (χ0n) is 25.0. The molecule has 1 aromatic heterocycles. The van der Waals surface area contributed by atoms with E-state index in [0.717, 1.165) is 46.3 Å². The molecule has 0 aliphatic heterocycles. The SMILES string of the molecule is CCCC1C=Cc2c(nc3c4c(ccc3c2-c2ccc(P(=O)(c3ccccc3)c3ccccc3)cc2)CCC=C4)C1CC. The Kier molecular flexibility index (Phi) is 7.50. The molecule has 2 nitrogen and oxygen atoms in total. The lowest BCUT2D eigenvalue weighted by atomic mass is 9.76. The molecule has 0 saturated carbocycles. The molecule has 0 amide bonds. The van der Waals surface area contributed by atoms with E-state index in [0.29, 0.717) is 11.8 Å². The lowest BCUT2D eigenvalue weighted by molar-refractivity contribution is 0.446. The standard InChI is InChI=1S/C40H38NOP/c1-3-13-28-22-26-36-38(37-27-23-29-14-11-12-19-35(29)40(37)41-39(36)34(28)4-2)30-20-24-33(25-21-30)43(42,31-15-7-5-8-16-31)32-17-9-6-10-18-32/h5-10,12,15-28,34H,3-4,11,13-14H2,1-2H3. The van der Waals surface area contributed by atoms with Gasteiger partial charge in [-0.2, -0.15) is 0 Å². The second-order valence-electron chi connectivity index (χ2n) is 11.9. The molecule has 2 atom stereocenters. The Bertz CT molecular complexity index is 1840. The summed E-state index contributed by atoms with van der Waals surface area (Å²) in [6.07, 6.45) is 14.9. The first-order chi connectivity index (χ1) is 21.1. The van der Waals surface area contributed by atoms with E-state index in [9.17, 15) is 0 Å². The van der Waals surface area contributed by atoms with E-state index in [2.05, 4.69) is 74.5 Å². The van der Waals surface area contributed by atoms with Gasteiger partial charge in [0.2, 0.25) is 0 Å². The third-order valence-electron chi connectivity index (χ3n) is 9.42. The number of rotatable bonds is 7. The predicted molar refractivity (Wildman–Crippen MR) is 184 cm³/mol. The molecule has 5 aromatic rings. The Morgan fingerprint density at radius 1 is 0.767 bits per heavy atom. The van der Waals surface area contributed by atoms with Crippen LogP contribution in [0.15, 0.2) is 109 Å². The summed E-state index contributed by atoms with van der Waals surface area (Å²) in [5, 5.41) is 3.76. The fourth-order valence-electron chi connectivity index (χ4n) is 7.28. The van der Waals surface area contributed by atoms with Gasteiger partial charge >= 0.3 is 0 Å². The van der Waals surface area contributed by atoms with Gasteiger partial charge in [0.25, 0.3) is 0 Å². The Hall–Kier alpha value is -4.00. The quantitative estimate of drug-likeness (QED) is 0.180. The minimum Gasteiger partial charge on any atom is -0.309 e. The van der Waals surface area contributed by atoms with Gasteiger partial charge in [-0.15, -0.1) is 0 Å². The van der Waals surface area contributed by atoms with Crippen LogP contribution in [0.25, 0.3) is 34.2 Å². The molecule has 214 valence electrons. The Balaban J connectivity index is 1.44. The molecule has 0 fully saturated rings. The van der Waals surface area contributed by atoms with Gasteiger partial charge in [-0.1, -0.05) is 142 Å². The predicted octanol–water partition coefficient (Wildman–Crippen LogP) is 9.44. The van der Waals surface area contributed by atoms with Crippen molar-refractivity contribution in [3.8, 4) is 11.1 Å². The summed E-state index contributed by atoms with van der Waals surface area (Å²) in [6, 6.07) is 33.0. The molecular formula is C40H38NOP. The molecule has 43 heavy (non-hydrogen) atoms. The summed E-state index contributed by atoms with van der Waals surface area (Å²) in [6.45, 7) is 4.59. The highest BCUT2D eigenvalue weighted by atomic mass is 31.2. The molecular weight excluding hydrogens is 541 g/mol. The maximum Gasteiger partial charge on any atom is 0.171 e. The van der Waals surface area contributed by atoms with Crippen molar-refractivity contribution < 1.29 is 4.57 Å². The van der Waals surface area contributed by atoms with Crippen LogP contribution in [0.3, 0.4) is 0 Å². The number of hydrogen-bond acceptors (Lipinski definition) is 2. The summed E-state index contributed by atoms with van der Waals surface area (Å²) in [5.41, 5.74) is 8.66. The summed E-state index contributed by atoms with van der Waals surface area (Å²) in [5.74, 6) is 0.919. The molecule has 0 radical (unpaired) electrons. The van der Waals surface area contributed by atoms with Crippen molar-refractivity contribution in [3.63, 3.8) is 0 Å². The average Bonchev–Trinajstić information content (AvgIpc) is 3.08. The van der Waals surface area contributed by atoms with E-state index < -0.39 is 7.14 Å².